The fourth-order valence-corrected chi connectivity index (χ4v) is 2.77. The molecule has 0 aliphatic heterocycles. The van der Waals surface area contributed by atoms with Gasteiger partial charge in [-0.25, -0.2) is 0 Å². The summed E-state index contributed by atoms with van der Waals surface area (Å²) in [6.45, 7) is 1.86. The van der Waals surface area contributed by atoms with Crippen molar-refractivity contribution in [1.29, 1.82) is 0 Å². The minimum absolute atomic E-state index is 0.115. The first-order valence-electron chi connectivity index (χ1n) is 7.14. The number of nitro groups is 1. The van der Waals surface area contributed by atoms with Gasteiger partial charge in [-0.05, 0) is 37.2 Å². The zero-order valence-electron chi connectivity index (χ0n) is 11.7. The molecule has 2 rings (SSSR count). The average molecular weight is 276 g/mol. The first-order chi connectivity index (χ1) is 9.60. The molecule has 1 aliphatic rings. The molecule has 1 N–H and O–H groups in total. The number of non-ortho nitro benzene ring substituents is 1. The number of benzene rings is 1. The Bertz CT molecular complexity index is 476. The van der Waals surface area contributed by atoms with E-state index in [0.717, 1.165) is 31.2 Å². The smallest absolute Gasteiger partial charge is 0.269 e. The lowest BCUT2D eigenvalue weighted by atomic mass is 9.81. The van der Waals surface area contributed by atoms with Crippen LogP contribution >= 0.6 is 0 Å². The van der Waals surface area contributed by atoms with Crippen LogP contribution in [0.2, 0.25) is 0 Å². The van der Waals surface area contributed by atoms with Crippen molar-refractivity contribution in [2.75, 3.05) is 0 Å². The summed E-state index contributed by atoms with van der Waals surface area (Å²) < 4.78 is 0. The highest BCUT2D eigenvalue weighted by molar-refractivity contribution is 5.75. The van der Waals surface area contributed by atoms with E-state index in [1.165, 1.54) is 0 Å². The van der Waals surface area contributed by atoms with Gasteiger partial charge < -0.3 is 5.32 Å². The van der Waals surface area contributed by atoms with E-state index in [0.29, 0.717) is 12.3 Å². The molecular formula is C15H20N2O3. The number of amides is 1. The molecule has 0 spiro atoms. The minimum Gasteiger partial charge on any atom is -0.353 e. The van der Waals surface area contributed by atoms with Crippen LogP contribution in [-0.4, -0.2) is 16.9 Å². The van der Waals surface area contributed by atoms with Crippen LogP contribution in [0.1, 0.15) is 50.5 Å². The fraction of sp³-hybridized carbons (Fsp3) is 0.533. The molecule has 0 radical (unpaired) electrons. The lowest BCUT2D eigenvalue weighted by molar-refractivity contribution is -0.384. The number of nitrogens with one attached hydrogen (secondary N) is 1. The second kappa shape index (κ2) is 6.50. The second-order valence-electron chi connectivity index (χ2n) is 5.32. The molecule has 1 aromatic carbocycles. The Labute approximate surface area is 118 Å². The monoisotopic (exact) mass is 276 g/mol. The largest absolute Gasteiger partial charge is 0.353 e. The SMILES string of the molecule is CCC(=O)NC1CCC(c2ccc([N+](=O)[O-])cc2)CC1. The third kappa shape index (κ3) is 3.56. The lowest BCUT2D eigenvalue weighted by Gasteiger charge is -2.29. The molecule has 0 aromatic heterocycles. The van der Waals surface area contributed by atoms with Crippen LogP contribution in [0.25, 0.3) is 0 Å². The van der Waals surface area contributed by atoms with Crippen molar-refractivity contribution in [3.63, 3.8) is 0 Å². The van der Waals surface area contributed by atoms with Crippen LogP contribution in [-0.2, 0) is 4.79 Å². The van der Waals surface area contributed by atoms with Gasteiger partial charge in [-0.3, -0.25) is 14.9 Å². The summed E-state index contributed by atoms with van der Waals surface area (Å²) in [6.07, 6.45) is 4.53. The molecule has 1 aliphatic carbocycles. The summed E-state index contributed by atoms with van der Waals surface area (Å²) in [6, 6.07) is 7.14. The van der Waals surface area contributed by atoms with Gasteiger partial charge in [-0.1, -0.05) is 19.1 Å². The van der Waals surface area contributed by atoms with Crippen molar-refractivity contribution in [2.24, 2.45) is 0 Å². The highest BCUT2D eigenvalue weighted by Crippen LogP contribution is 2.33. The van der Waals surface area contributed by atoms with Crippen LogP contribution in [0, 0.1) is 10.1 Å². The molecule has 0 bridgehead atoms. The predicted molar refractivity (Wildman–Crippen MR) is 76.5 cm³/mol. The zero-order chi connectivity index (χ0) is 14.5. The van der Waals surface area contributed by atoms with Gasteiger partial charge in [0.05, 0.1) is 4.92 Å². The number of nitro benzene ring substituents is 1. The minimum atomic E-state index is -0.374. The lowest BCUT2D eigenvalue weighted by Crippen LogP contribution is -2.36. The predicted octanol–water partition coefficient (Wildman–Crippen LogP) is 3.15. The summed E-state index contributed by atoms with van der Waals surface area (Å²) in [5, 5.41) is 13.7. The molecule has 1 saturated carbocycles. The summed E-state index contributed by atoms with van der Waals surface area (Å²) in [4.78, 5) is 21.6. The molecule has 20 heavy (non-hydrogen) atoms. The van der Waals surface area contributed by atoms with Crippen molar-refractivity contribution < 1.29 is 9.72 Å². The summed E-state index contributed by atoms with van der Waals surface area (Å²) in [7, 11) is 0. The van der Waals surface area contributed by atoms with Crippen molar-refractivity contribution in [2.45, 2.75) is 51.0 Å². The molecule has 1 amide bonds. The van der Waals surface area contributed by atoms with Gasteiger partial charge in [0, 0.05) is 24.6 Å². The number of rotatable bonds is 4. The topological polar surface area (TPSA) is 72.2 Å². The van der Waals surface area contributed by atoms with Crippen LogP contribution < -0.4 is 5.32 Å². The maximum atomic E-state index is 11.4. The van der Waals surface area contributed by atoms with E-state index in [2.05, 4.69) is 5.32 Å². The van der Waals surface area contributed by atoms with E-state index in [-0.39, 0.29) is 22.6 Å². The highest BCUT2D eigenvalue weighted by Gasteiger charge is 2.23. The molecule has 0 heterocycles. The van der Waals surface area contributed by atoms with Gasteiger partial charge in [0.1, 0.15) is 0 Å². The van der Waals surface area contributed by atoms with E-state index in [9.17, 15) is 14.9 Å². The first-order valence-corrected chi connectivity index (χ1v) is 7.14. The maximum Gasteiger partial charge on any atom is 0.269 e. The molecule has 1 aromatic rings. The Morgan fingerprint density at radius 3 is 2.35 bits per heavy atom. The fourth-order valence-electron chi connectivity index (χ4n) is 2.77. The van der Waals surface area contributed by atoms with Crippen molar-refractivity contribution >= 4 is 11.6 Å². The number of hydrogen-bond donors (Lipinski definition) is 1. The Morgan fingerprint density at radius 1 is 1.25 bits per heavy atom. The van der Waals surface area contributed by atoms with Gasteiger partial charge in [-0.15, -0.1) is 0 Å². The maximum absolute atomic E-state index is 11.4. The third-order valence-electron chi connectivity index (χ3n) is 3.99. The van der Waals surface area contributed by atoms with E-state index in [1.54, 1.807) is 12.1 Å². The Morgan fingerprint density at radius 2 is 1.85 bits per heavy atom. The average Bonchev–Trinajstić information content (AvgIpc) is 2.48. The second-order valence-corrected chi connectivity index (χ2v) is 5.32. The number of carbonyl (C=O) groups excluding carboxylic acids is 1. The third-order valence-corrected chi connectivity index (χ3v) is 3.99. The van der Waals surface area contributed by atoms with E-state index in [1.807, 2.05) is 19.1 Å². The standard InChI is InChI=1S/C15H20N2O3/c1-2-15(18)16-13-7-3-11(4-8-13)12-5-9-14(10-6-12)17(19)20/h5-6,9-11,13H,2-4,7-8H2,1H3,(H,16,18). The molecule has 108 valence electrons. The zero-order valence-corrected chi connectivity index (χ0v) is 11.7. The van der Waals surface area contributed by atoms with Gasteiger partial charge >= 0.3 is 0 Å². The number of nitrogens with zero attached hydrogens (tertiary/aromatic N) is 1. The Kier molecular flexibility index (Phi) is 4.71. The summed E-state index contributed by atoms with van der Waals surface area (Å²) >= 11 is 0. The molecular weight excluding hydrogens is 256 g/mol. The van der Waals surface area contributed by atoms with Crippen LogP contribution in [0.3, 0.4) is 0 Å². The molecule has 5 nitrogen and oxygen atoms in total. The quantitative estimate of drug-likeness (QED) is 0.678. The highest BCUT2D eigenvalue weighted by atomic mass is 16.6. The van der Waals surface area contributed by atoms with E-state index in [4.69, 9.17) is 0 Å². The molecule has 5 heteroatoms. The van der Waals surface area contributed by atoms with E-state index >= 15 is 0 Å². The van der Waals surface area contributed by atoms with Crippen molar-refractivity contribution in [1.82, 2.24) is 5.32 Å². The number of hydrogen-bond acceptors (Lipinski definition) is 3. The van der Waals surface area contributed by atoms with Crippen molar-refractivity contribution in [3.8, 4) is 0 Å². The Balaban J connectivity index is 1.90. The number of carbonyl (C=O) groups is 1. The normalized spacial score (nSPS) is 22.2. The van der Waals surface area contributed by atoms with Crippen molar-refractivity contribution in [3.05, 3.63) is 39.9 Å². The molecule has 0 atom stereocenters. The van der Waals surface area contributed by atoms with Crippen LogP contribution in [0.4, 0.5) is 5.69 Å². The first kappa shape index (κ1) is 14.5. The van der Waals surface area contributed by atoms with Gasteiger partial charge in [-0.2, -0.15) is 0 Å². The van der Waals surface area contributed by atoms with Crippen LogP contribution in [0.15, 0.2) is 24.3 Å². The van der Waals surface area contributed by atoms with E-state index < -0.39 is 0 Å². The van der Waals surface area contributed by atoms with Gasteiger partial charge in [0.25, 0.3) is 5.69 Å². The van der Waals surface area contributed by atoms with Crippen LogP contribution in [0.5, 0.6) is 0 Å². The summed E-state index contributed by atoms with van der Waals surface area (Å²) in [5.41, 5.74) is 1.30. The molecule has 1 fully saturated rings. The van der Waals surface area contributed by atoms with Gasteiger partial charge in [0.2, 0.25) is 5.91 Å². The molecule has 0 saturated heterocycles. The van der Waals surface area contributed by atoms with Gasteiger partial charge in [0.15, 0.2) is 0 Å². The summed E-state index contributed by atoms with van der Waals surface area (Å²) in [5.74, 6) is 0.564. The Hall–Kier alpha value is -1.91. The molecule has 0 unspecified atom stereocenters.